The van der Waals surface area contributed by atoms with Crippen molar-refractivity contribution >= 4 is 11.9 Å². The van der Waals surface area contributed by atoms with Gasteiger partial charge >= 0.3 is 18.1 Å². The lowest BCUT2D eigenvalue weighted by atomic mass is 9.81. The lowest BCUT2D eigenvalue weighted by molar-refractivity contribution is -0.154. The fourth-order valence-corrected chi connectivity index (χ4v) is 4.42. The highest BCUT2D eigenvalue weighted by atomic mass is 19.4. The van der Waals surface area contributed by atoms with Crippen molar-refractivity contribution in [3.8, 4) is 23.0 Å². The SMILES string of the molecule is COC(=O)C(C)(C)c1c(O)cc(C)c(C)c1OC.COC(=O)C(C)(C)c1c(OCC(F)(F)F)cc(C)c(C)c1OC. The van der Waals surface area contributed by atoms with E-state index >= 15 is 0 Å². The van der Waals surface area contributed by atoms with Gasteiger partial charge in [0.2, 0.25) is 0 Å². The summed E-state index contributed by atoms with van der Waals surface area (Å²) in [7, 11) is 5.47. The fourth-order valence-electron chi connectivity index (χ4n) is 4.42. The van der Waals surface area contributed by atoms with Crippen LogP contribution in [0.15, 0.2) is 12.1 Å². The van der Waals surface area contributed by atoms with E-state index in [1.165, 1.54) is 34.5 Å². The van der Waals surface area contributed by atoms with E-state index in [1.807, 2.05) is 13.8 Å². The number of aromatic hydroxyl groups is 1. The Kier molecular flexibility index (Phi) is 11.5. The van der Waals surface area contributed by atoms with Crippen LogP contribution in [0.25, 0.3) is 0 Å². The second kappa shape index (κ2) is 13.4. The van der Waals surface area contributed by atoms with Crippen LogP contribution in [0.2, 0.25) is 0 Å². The van der Waals surface area contributed by atoms with E-state index in [2.05, 4.69) is 0 Å². The predicted molar refractivity (Wildman–Crippen MR) is 148 cm³/mol. The van der Waals surface area contributed by atoms with Gasteiger partial charge in [-0.25, -0.2) is 0 Å². The van der Waals surface area contributed by atoms with Crippen LogP contribution < -0.4 is 14.2 Å². The van der Waals surface area contributed by atoms with Crippen LogP contribution in [0, 0.1) is 27.7 Å². The number of phenols is 1. The molecule has 0 aliphatic carbocycles. The molecular formula is C30H41F3O8. The monoisotopic (exact) mass is 586 g/mol. The van der Waals surface area contributed by atoms with E-state index < -0.39 is 35.6 Å². The summed E-state index contributed by atoms with van der Waals surface area (Å²) in [5, 5.41) is 10.1. The zero-order valence-electron chi connectivity index (χ0n) is 25.8. The predicted octanol–water partition coefficient (Wildman–Crippen LogP) is 6.17. The van der Waals surface area contributed by atoms with E-state index in [0.717, 1.165) is 16.7 Å². The number of benzene rings is 2. The van der Waals surface area contributed by atoms with Crippen molar-refractivity contribution in [3.63, 3.8) is 0 Å². The topological polar surface area (TPSA) is 101 Å². The Morgan fingerprint density at radius 2 is 1.12 bits per heavy atom. The summed E-state index contributed by atoms with van der Waals surface area (Å²) in [5.74, 6) is -0.168. The number of methoxy groups -OCH3 is 4. The number of aryl methyl sites for hydroxylation is 2. The summed E-state index contributed by atoms with van der Waals surface area (Å²) < 4.78 is 62.7. The maximum Gasteiger partial charge on any atom is 0.422 e. The molecule has 0 spiro atoms. The molecule has 0 amide bonds. The maximum atomic E-state index is 12.5. The summed E-state index contributed by atoms with van der Waals surface area (Å²) in [6.07, 6.45) is -4.49. The van der Waals surface area contributed by atoms with Gasteiger partial charge in [0.1, 0.15) is 23.0 Å². The Morgan fingerprint density at radius 3 is 1.51 bits per heavy atom. The van der Waals surface area contributed by atoms with Gasteiger partial charge in [-0.15, -0.1) is 0 Å². The molecule has 0 saturated heterocycles. The molecule has 0 saturated carbocycles. The Balaban J connectivity index is 0.000000422. The molecule has 41 heavy (non-hydrogen) atoms. The molecule has 0 unspecified atom stereocenters. The lowest BCUT2D eigenvalue weighted by Gasteiger charge is -2.28. The fraction of sp³-hybridized carbons (Fsp3) is 0.533. The molecule has 2 aromatic carbocycles. The molecule has 0 radical (unpaired) electrons. The van der Waals surface area contributed by atoms with E-state index in [1.54, 1.807) is 47.6 Å². The molecule has 2 aromatic rings. The molecule has 0 aliphatic heterocycles. The number of ether oxygens (including phenoxy) is 5. The maximum absolute atomic E-state index is 12.5. The van der Waals surface area contributed by atoms with E-state index in [0.29, 0.717) is 22.6 Å². The number of alkyl halides is 3. The zero-order valence-corrected chi connectivity index (χ0v) is 25.8. The third kappa shape index (κ3) is 7.77. The van der Waals surface area contributed by atoms with Gasteiger partial charge in [-0.05, 0) is 89.8 Å². The first-order valence-corrected chi connectivity index (χ1v) is 12.6. The molecule has 1 N–H and O–H groups in total. The summed E-state index contributed by atoms with van der Waals surface area (Å²) in [5.41, 5.74) is 1.72. The summed E-state index contributed by atoms with van der Waals surface area (Å²) in [6.45, 7) is 12.3. The third-order valence-electron chi connectivity index (χ3n) is 6.96. The van der Waals surface area contributed by atoms with Gasteiger partial charge in [0.15, 0.2) is 6.61 Å². The van der Waals surface area contributed by atoms with Crippen LogP contribution in [0.3, 0.4) is 0 Å². The van der Waals surface area contributed by atoms with Gasteiger partial charge in [0.25, 0.3) is 0 Å². The molecule has 8 nitrogen and oxygen atoms in total. The molecule has 0 bridgehead atoms. The summed E-state index contributed by atoms with van der Waals surface area (Å²) >= 11 is 0. The molecule has 0 atom stereocenters. The smallest absolute Gasteiger partial charge is 0.422 e. The molecule has 11 heteroatoms. The van der Waals surface area contributed by atoms with Gasteiger partial charge in [0, 0.05) is 0 Å². The summed E-state index contributed by atoms with van der Waals surface area (Å²) in [6, 6.07) is 3.11. The van der Waals surface area contributed by atoms with Crippen LogP contribution in [0.4, 0.5) is 13.2 Å². The van der Waals surface area contributed by atoms with Crippen molar-refractivity contribution in [1.29, 1.82) is 0 Å². The van der Waals surface area contributed by atoms with Crippen molar-refractivity contribution in [2.75, 3.05) is 35.0 Å². The van der Waals surface area contributed by atoms with Gasteiger partial charge in [-0.3, -0.25) is 9.59 Å². The van der Waals surface area contributed by atoms with Crippen LogP contribution >= 0.6 is 0 Å². The highest BCUT2D eigenvalue weighted by Gasteiger charge is 2.40. The van der Waals surface area contributed by atoms with Gasteiger partial charge in [-0.2, -0.15) is 13.2 Å². The highest BCUT2D eigenvalue weighted by molar-refractivity contribution is 5.85. The largest absolute Gasteiger partial charge is 0.507 e. The Labute approximate surface area is 239 Å². The second-order valence-corrected chi connectivity index (χ2v) is 10.6. The number of hydrogen-bond donors (Lipinski definition) is 1. The van der Waals surface area contributed by atoms with Crippen LogP contribution in [-0.2, 0) is 29.9 Å². The number of esters is 2. The number of hydrogen-bond acceptors (Lipinski definition) is 8. The van der Waals surface area contributed by atoms with Crippen molar-refractivity contribution < 1.29 is 51.6 Å². The molecule has 230 valence electrons. The minimum Gasteiger partial charge on any atom is -0.507 e. The molecule has 0 fully saturated rings. The van der Waals surface area contributed by atoms with Gasteiger partial charge in [-0.1, -0.05) is 0 Å². The average molecular weight is 587 g/mol. The van der Waals surface area contributed by atoms with Crippen LogP contribution in [-0.4, -0.2) is 58.3 Å². The van der Waals surface area contributed by atoms with Gasteiger partial charge in [0.05, 0.1) is 50.4 Å². The number of phenolic OH excluding ortho intramolecular Hbond substituents is 1. The van der Waals surface area contributed by atoms with Crippen molar-refractivity contribution in [2.24, 2.45) is 0 Å². The number of carbonyl (C=O) groups excluding carboxylic acids is 2. The first-order valence-electron chi connectivity index (χ1n) is 12.6. The number of rotatable bonds is 8. The standard InChI is InChI=1S/C16H21F3O4.C14H20O4/c1-9-7-11(23-8-16(17,18)19)12(13(21-5)10(9)2)15(3,4)14(20)22-6;1-8-7-10(15)11(12(17-5)9(8)2)14(3,4)13(16)18-6/h7H,8H2,1-6H3;7,15H,1-6H3. The second-order valence-electron chi connectivity index (χ2n) is 10.6. The van der Waals surface area contributed by atoms with E-state index in [4.69, 9.17) is 23.7 Å². The molecular weight excluding hydrogens is 545 g/mol. The molecule has 0 aliphatic rings. The van der Waals surface area contributed by atoms with E-state index in [-0.39, 0.29) is 17.1 Å². The Bertz CT molecular complexity index is 1260. The zero-order chi connectivity index (χ0) is 32.1. The normalized spacial score (nSPS) is 11.7. The Morgan fingerprint density at radius 1 is 0.732 bits per heavy atom. The first kappa shape index (κ1) is 35.4. The van der Waals surface area contributed by atoms with Crippen molar-refractivity contribution in [2.45, 2.75) is 72.4 Å². The molecule has 0 heterocycles. The number of carbonyl (C=O) groups is 2. The number of halogens is 3. The minimum atomic E-state index is -4.49. The van der Waals surface area contributed by atoms with E-state index in [9.17, 15) is 27.9 Å². The molecule has 2 rings (SSSR count). The first-order chi connectivity index (χ1) is 18.7. The van der Waals surface area contributed by atoms with Gasteiger partial charge < -0.3 is 28.8 Å². The van der Waals surface area contributed by atoms with Crippen LogP contribution in [0.5, 0.6) is 23.0 Å². The average Bonchev–Trinajstić information content (AvgIpc) is 2.89. The highest BCUT2D eigenvalue weighted by Crippen LogP contribution is 2.44. The van der Waals surface area contributed by atoms with Crippen molar-refractivity contribution in [1.82, 2.24) is 0 Å². The molecule has 0 aromatic heterocycles. The lowest BCUT2D eigenvalue weighted by Crippen LogP contribution is -2.32. The Hall–Kier alpha value is -3.63. The third-order valence-corrected chi connectivity index (χ3v) is 6.96. The quantitative estimate of drug-likeness (QED) is 0.367. The van der Waals surface area contributed by atoms with Crippen LogP contribution in [0.1, 0.15) is 61.1 Å². The van der Waals surface area contributed by atoms with Crippen molar-refractivity contribution in [3.05, 3.63) is 45.5 Å². The minimum absolute atomic E-state index is 0.0438. The summed E-state index contributed by atoms with van der Waals surface area (Å²) in [4.78, 5) is 24.0.